The molecule has 1 saturated heterocycles. The van der Waals surface area contributed by atoms with E-state index in [1.165, 1.54) is 22.4 Å². The molecule has 3 rings (SSSR count). The maximum absolute atomic E-state index is 5.58. The Morgan fingerprint density at radius 2 is 1.81 bits per heavy atom. The molecule has 0 bridgehead atoms. The van der Waals surface area contributed by atoms with E-state index < -0.39 is 0 Å². The van der Waals surface area contributed by atoms with E-state index in [0.29, 0.717) is 0 Å². The predicted octanol–water partition coefficient (Wildman–Crippen LogP) is 3.97. The topological polar surface area (TPSA) is 27.7 Å². The van der Waals surface area contributed by atoms with E-state index in [9.17, 15) is 0 Å². The predicted molar refractivity (Wildman–Crippen MR) is 113 cm³/mol. The summed E-state index contributed by atoms with van der Waals surface area (Å²) in [6.45, 7) is 8.55. The molecule has 0 spiro atoms. The van der Waals surface area contributed by atoms with Gasteiger partial charge in [-0.3, -0.25) is 0 Å². The van der Waals surface area contributed by atoms with Crippen molar-refractivity contribution in [1.29, 1.82) is 0 Å². The van der Waals surface area contributed by atoms with Crippen molar-refractivity contribution in [2.75, 3.05) is 43.6 Å². The van der Waals surface area contributed by atoms with E-state index >= 15 is 0 Å². The minimum Gasteiger partial charge on any atom is -0.378 e. The Kier molecular flexibility index (Phi) is 6.12. The van der Waals surface area contributed by atoms with Crippen LogP contribution in [0.1, 0.15) is 16.7 Å². The summed E-state index contributed by atoms with van der Waals surface area (Å²) in [4.78, 5) is 4.44. The van der Waals surface area contributed by atoms with Crippen molar-refractivity contribution in [1.82, 2.24) is 4.90 Å². The standard InChI is InChI=1S/C21H27N3OS/c1-16-5-4-6-20(17(16)2)22-21(26)23(3)15-18-7-9-19(10-8-18)24-11-13-25-14-12-24/h4-10H,11-15H2,1-3H3,(H,22,26). The van der Waals surface area contributed by atoms with E-state index in [4.69, 9.17) is 17.0 Å². The van der Waals surface area contributed by atoms with Crippen LogP contribution in [-0.4, -0.2) is 43.4 Å². The molecule has 1 heterocycles. The maximum Gasteiger partial charge on any atom is 0.173 e. The number of rotatable bonds is 4. The van der Waals surface area contributed by atoms with Crippen molar-refractivity contribution in [3.05, 3.63) is 59.2 Å². The Morgan fingerprint density at radius 1 is 1.12 bits per heavy atom. The first-order valence-electron chi connectivity index (χ1n) is 9.04. The van der Waals surface area contributed by atoms with Crippen molar-refractivity contribution >= 4 is 28.7 Å². The highest BCUT2D eigenvalue weighted by Gasteiger charge is 2.12. The zero-order chi connectivity index (χ0) is 18.5. The van der Waals surface area contributed by atoms with Gasteiger partial charge in [0.05, 0.1) is 13.2 Å². The van der Waals surface area contributed by atoms with Crippen LogP contribution in [0.15, 0.2) is 42.5 Å². The van der Waals surface area contributed by atoms with Gasteiger partial charge in [-0.2, -0.15) is 0 Å². The second kappa shape index (κ2) is 8.52. The first-order valence-corrected chi connectivity index (χ1v) is 9.45. The molecular formula is C21H27N3OS. The van der Waals surface area contributed by atoms with Crippen molar-refractivity contribution in [2.45, 2.75) is 20.4 Å². The van der Waals surface area contributed by atoms with Crippen molar-refractivity contribution < 1.29 is 4.74 Å². The number of thiocarbonyl (C=S) groups is 1. The molecule has 0 radical (unpaired) electrons. The molecule has 26 heavy (non-hydrogen) atoms. The summed E-state index contributed by atoms with van der Waals surface area (Å²) in [5.74, 6) is 0. The lowest BCUT2D eigenvalue weighted by molar-refractivity contribution is 0.122. The number of hydrogen-bond acceptors (Lipinski definition) is 3. The first-order chi connectivity index (χ1) is 12.5. The summed E-state index contributed by atoms with van der Waals surface area (Å²) in [6.07, 6.45) is 0. The number of benzene rings is 2. The molecule has 4 nitrogen and oxygen atoms in total. The van der Waals surface area contributed by atoms with E-state index in [1.807, 2.05) is 7.05 Å². The highest BCUT2D eigenvalue weighted by Crippen LogP contribution is 2.20. The molecule has 1 aliphatic rings. The Labute approximate surface area is 161 Å². The lowest BCUT2D eigenvalue weighted by Gasteiger charge is -2.29. The summed E-state index contributed by atoms with van der Waals surface area (Å²) in [5.41, 5.74) is 6.08. The van der Waals surface area contributed by atoms with Gasteiger partial charge in [0.2, 0.25) is 0 Å². The van der Waals surface area contributed by atoms with Crippen molar-refractivity contribution in [3.8, 4) is 0 Å². The molecular weight excluding hydrogens is 342 g/mol. The van der Waals surface area contributed by atoms with E-state index in [2.05, 4.69) is 71.4 Å². The van der Waals surface area contributed by atoms with Gasteiger partial charge in [0.15, 0.2) is 5.11 Å². The fourth-order valence-electron chi connectivity index (χ4n) is 3.08. The Bertz CT molecular complexity index is 754. The molecule has 2 aromatic rings. The van der Waals surface area contributed by atoms with Crippen LogP contribution in [0, 0.1) is 13.8 Å². The molecule has 2 aromatic carbocycles. The molecule has 0 amide bonds. The largest absolute Gasteiger partial charge is 0.378 e. The molecule has 0 aromatic heterocycles. The Hall–Kier alpha value is -2.11. The first kappa shape index (κ1) is 18.7. The quantitative estimate of drug-likeness (QED) is 0.823. The Morgan fingerprint density at radius 3 is 2.50 bits per heavy atom. The third kappa shape index (κ3) is 4.54. The molecule has 5 heteroatoms. The molecule has 1 N–H and O–H groups in total. The average molecular weight is 370 g/mol. The van der Waals surface area contributed by atoms with Gasteiger partial charge in [0, 0.05) is 38.1 Å². The lowest BCUT2D eigenvalue weighted by Crippen LogP contribution is -2.36. The van der Waals surface area contributed by atoms with E-state index in [-0.39, 0.29) is 0 Å². The van der Waals surface area contributed by atoms with E-state index in [0.717, 1.165) is 43.6 Å². The monoisotopic (exact) mass is 369 g/mol. The maximum atomic E-state index is 5.58. The fraction of sp³-hybridized carbons (Fsp3) is 0.381. The summed E-state index contributed by atoms with van der Waals surface area (Å²) < 4.78 is 5.42. The summed E-state index contributed by atoms with van der Waals surface area (Å²) in [6, 6.07) is 15.0. The zero-order valence-electron chi connectivity index (χ0n) is 15.8. The van der Waals surface area contributed by atoms with Crippen LogP contribution in [0.5, 0.6) is 0 Å². The summed E-state index contributed by atoms with van der Waals surface area (Å²) >= 11 is 5.58. The molecule has 0 aliphatic carbocycles. The highest BCUT2D eigenvalue weighted by atomic mass is 32.1. The minimum absolute atomic E-state index is 0.732. The second-order valence-corrected chi connectivity index (χ2v) is 7.19. The van der Waals surface area contributed by atoms with Gasteiger partial charge >= 0.3 is 0 Å². The van der Waals surface area contributed by atoms with E-state index in [1.54, 1.807) is 0 Å². The van der Waals surface area contributed by atoms with Crippen LogP contribution in [0.3, 0.4) is 0 Å². The third-order valence-electron chi connectivity index (χ3n) is 4.93. The normalized spacial score (nSPS) is 14.2. The number of hydrogen-bond donors (Lipinski definition) is 1. The van der Waals surface area contributed by atoms with Crippen LogP contribution in [-0.2, 0) is 11.3 Å². The van der Waals surface area contributed by atoms with Gasteiger partial charge in [-0.1, -0.05) is 24.3 Å². The van der Waals surface area contributed by atoms with Crippen molar-refractivity contribution in [3.63, 3.8) is 0 Å². The minimum atomic E-state index is 0.732. The molecule has 0 unspecified atom stereocenters. The number of ether oxygens (including phenoxy) is 1. The van der Waals surface area contributed by atoms with Crippen LogP contribution in [0.25, 0.3) is 0 Å². The molecule has 0 saturated carbocycles. The third-order valence-corrected chi connectivity index (χ3v) is 5.34. The van der Waals surface area contributed by atoms with Crippen LogP contribution >= 0.6 is 12.2 Å². The molecule has 1 fully saturated rings. The second-order valence-electron chi connectivity index (χ2n) is 6.80. The Balaban J connectivity index is 1.59. The smallest absolute Gasteiger partial charge is 0.173 e. The van der Waals surface area contributed by atoms with Crippen molar-refractivity contribution in [2.24, 2.45) is 0 Å². The summed E-state index contributed by atoms with van der Waals surface area (Å²) in [5, 5.41) is 4.10. The van der Waals surface area contributed by atoms with Crippen LogP contribution in [0.4, 0.5) is 11.4 Å². The van der Waals surface area contributed by atoms with Gasteiger partial charge in [0.25, 0.3) is 0 Å². The SMILES string of the molecule is Cc1cccc(NC(=S)N(C)Cc2ccc(N3CCOCC3)cc2)c1C. The number of aryl methyl sites for hydroxylation is 1. The van der Waals surface area contributed by atoms with Crippen LogP contribution < -0.4 is 10.2 Å². The van der Waals surface area contributed by atoms with Gasteiger partial charge in [-0.15, -0.1) is 0 Å². The van der Waals surface area contributed by atoms with Gasteiger partial charge in [-0.25, -0.2) is 0 Å². The highest BCUT2D eigenvalue weighted by molar-refractivity contribution is 7.80. The number of anilines is 2. The van der Waals surface area contributed by atoms with Gasteiger partial charge in [0.1, 0.15) is 0 Å². The number of morpholine rings is 1. The molecule has 138 valence electrons. The van der Waals surface area contributed by atoms with Gasteiger partial charge < -0.3 is 19.9 Å². The lowest BCUT2D eigenvalue weighted by atomic mass is 10.1. The summed E-state index contributed by atoms with van der Waals surface area (Å²) in [7, 11) is 2.02. The molecule has 0 atom stereocenters. The van der Waals surface area contributed by atoms with Gasteiger partial charge in [-0.05, 0) is 61.0 Å². The fourth-order valence-corrected chi connectivity index (χ4v) is 3.25. The number of nitrogens with zero attached hydrogens (tertiary/aromatic N) is 2. The average Bonchev–Trinajstić information content (AvgIpc) is 2.66. The number of nitrogens with one attached hydrogen (secondary N) is 1. The zero-order valence-corrected chi connectivity index (χ0v) is 16.6. The molecule has 1 aliphatic heterocycles. The van der Waals surface area contributed by atoms with Crippen LogP contribution in [0.2, 0.25) is 0 Å².